The first-order chi connectivity index (χ1) is 9.76. The van der Waals surface area contributed by atoms with Crippen molar-refractivity contribution in [3.8, 4) is 5.75 Å². The molecule has 0 fully saturated rings. The first-order valence-electron chi connectivity index (χ1n) is 7.44. The predicted molar refractivity (Wildman–Crippen MR) is 82.0 cm³/mol. The van der Waals surface area contributed by atoms with Crippen molar-refractivity contribution in [2.24, 2.45) is 0 Å². The summed E-state index contributed by atoms with van der Waals surface area (Å²) in [5.74, 6) is 0.942. The third-order valence-electron chi connectivity index (χ3n) is 3.68. The third kappa shape index (κ3) is 3.54. The molecule has 0 amide bonds. The Bertz CT molecular complexity index is 468. The van der Waals surface area contributed by atoms with Crippen LogP contribution in [-0.2, 0) is 4.74 Å². The maximum Gasteiger partial charge on any atom is 0.121 e. The molecule has 1 aliphatic rings. The van der Waals surface area contributed by atoms with Gasteiger partial charge < -0.3 is 14.8 Å². The highest BCUT2D eigenvalue weighted by atomic mass is 16.5. The largest absolute Gasteiger partial charge is 0.501 e. The molecule has 0 spiro atoms. The van der Waals surface area contributed by atoms with Crippen LogP contribution in [0.2, 0.25) is 0 Å². The summed E-state index contributed by atoms with van der Waals surface area (Å²) >= 11 is 0. The number of rotatable bonds is 6. The second-order valence-electron chi connectivity index (χ2n) is 5.28. The third-order valence-corrected chi connectivity index (χ3v) is 3.68. The summed E-state index contributed by atoms with van der Waals surface area (Å²) in [7, 11) is 1.71. The Labute approximate surface area is 122 Å². The van der Waals surface area contributed by atoms with Gasteiger partial charge in [0.05, 0.1) is 26.0 Å². The summed E-state index contributed by atoms with van der Waals surface area (Å²) in [4.78, 5) is 0. The molecule has 1 aromatic rings. The number of hydrogen-bond acceptors (Lipinski definition) is 3. The molecular weight excluding hydrogens is 250 g/mol. The van der Waals surface area contributed by atoms with Crippen LogP contribution < -0.4 is 10.1 Å². The molecule has 0 radical (unpaired) electrons. The summed E-state index contributed by atoms with van der Waals surface area (Å²) in [6, 6.07) is 6.66. The van der Waals surface area contributed by atoms with Crippen LogP contribution >= 0.6 is 0 Å². The zero-order valence-corrected chi connectivity index (χ0v) is 12.7. The van der Waals surface area contributed by atoms with E-state index in [1.807, 2.05) is 6.26 Å². The minimum atomic E-state index is 0.250. The second kappa shape index (κ2) is 7.34. The zero-order valence-electron chi connectivity index (χ0n) is 12.7. The first kappa shape index (κ1) is 14.9. The molecule has 0 aliphatic carbocycles. The lowest BCUT2D eigenvalue weighted by Gasteiger charge is -2.25. The zero-order chi connectivity index (χ0) is 14.4. The van der Waals surface area contributed by atoms with Gasteiger partial charge in [0.2, 0.25) is 0 Å². The Hall–Kier alpha value is -1.48. The molecule has 0 saturated carbocycles. The molecule has 0 bridgehead atoms. The van der Waals surface area contributed by atoms with Crippen molar-refractivity contribution < 1.29 is 9.47 Å². The van der Waals surface area contributed by atoms with Crippen molar-refractivity contribution in [1.82, 2.24) is 5.32 Å². The van der Waals surface area contributed by atoms with Gasteiger partial charge in [0.25, 0.3) is 0 Å². The Morgan fingerprint density at radius 3 is 2.85 bits per heavy atom. The fourth-order valence-corrected chi connectivity index (χ4v) is 2.63. The molecular formula is C17H25NO2. The SMILES string of the molecule is CCCNC(C1=COCCC1)c1ccc(OC)c(C)c1. The van der Waals surface area contributed by atoms with Gasteiger partial charge >= 0.3 is 0 Å². The molecule has 2 rings (SSSR count). The van der Waals surface area contributed by atoms with Crippen LogP contribution in [0.3, 0.4) is 0 Å². The Kier molecular flexibility index (Phi) is 5.48. The molecule has 3 nitrogen and oxygen atoms in total. The average Bonchev–Trinajstić information content (AvgIpc) is 2.49. The van der Waals surface area contributed by atoms with Crippen LogP contribution in [0.4, 0.5) is 0 Å². The molecule has 0 saturated heterocycles. The van der Waals surface area contributed by atoms with E-state index in [0.717, 1.165) is 38.2 Å². The maximum absolute atomic E-state index is 5.51. The minimum absolute atomic E-state index is 0.250. The van der Waals surface area contributed by atoms with E-state index >= 15 is 0 Å². The van der Waals surface area contributed by atoms with E-state index in [0.29, 0.717) is 0 Å². The molecule has 1 aromatic carbocycles. The Balaban J connectivity index is 2.25. The molecule has 3 heteroatoms. The minimum Gasteiger partial charge on any atom is -0.501 e. The second-order valence-corrected chi connectivity index (χ2v) is 5.28. The predicted octanol–water partition coefficient (Wildman–Crippen LogP) is 3.74. The van der Waals surface area contributed by atoms with Crippen LogP contribution in [0.1, 0.15) is 43.4 Å². The van der Waals surface area contributed by atoms with E-state index < -0.39 is 0 Å². The van der Waals surface area contributed by atoms with E-state index in [1.54, 1.807) is 7.11 Å². The fraction of sp³-hybridized carbons (Fsp3) is 0.529. The van der Waals surface area contributed by atoms with Crippen molar-refractivity contribution in [1.29, 1.82) is 0 Å². The fourth-order valence-electron chi connectivity index (χ4n) is 2.63. The normalized spacial score (nSPS) is 16.2. The van der Waals surface area contributed by atoms with Crippen molar-refractivity contribution in [3.63, 3.8) is 0 Å². The van der Waals surface area contributed by atoms with Gasteiger partial charge in [-0.2, -0.15) is 0 Å². The van der Waals surface area contributed by atoms with Gasteiger partial charge in [0, 0.05) is 0 Å². The molecule has 1 aliphatic heterocycles. The average molecular weight is 275 g/mol. The van der Waals surface area contributed by atoms with Crippen molar-refractivity contribution >= 4 is 0 Å². The molecule has 1 heterocycles. The van der Waals surface area contributed by atoms with Crippen molar-refractivity contribution in [2.45, 2.75) is 39.2 Å². The summed E-state index contributed by atoms with van der Waals surface area (Å²) in [6.07, 6.45) is 5.27. The number of aryl methyl sites for hydroxylation is 1. The summed E-state index contributed by atoms with van der Waals surface area (Å²) in [5.41, 5.74) is 3.80. The standard InChI is InChI=1S/C17H25NO2/c1-4-9-18-17(15-6-5-10-20-12-15)14-7-8-16(19-3)13(2)11-14/h7-8,11-12,17-18H,4-6,9-10H2,1-3H3. The molecule has 20 heavy (non-hydrogen) atoms. The van der Waals surface area contributed by atoms with Gasteiger partial charge in [-0.25, -0.2) is 0 Å². The number of ether oxygens (including phenoxy) is 2. The van der Waals surface area contributed by atoms with E-state index in [9.17, 15) is 0 Å². The van der Waals surface area contributed by atoms with Gasteiger partial charge in [0.15, 0.2) is 0 Å². The number of methoxy groups -OCH3 is 1. The lowest BCUT2D eigenvalue weighted by Crippen LogP contribution is -2.25. The topological polar surface area (TPSA) is 30.5 Å². The van der Waals surface area contributed by atoms with E-state index in [-0.39, 0.29) is 6.04 Å². The monoisotopic (exact) mass is 275 g/mol. The number of nitrogens with one attached hydrogen (secondary N) is 1. The lowest BCUT2D eigenvalue weighted by molar-refractivity contribution is 0.219. The molecule has 1 N–H and O–H groups in total. The highest BCUT2D eigenvalue weighted by Crippen LogP contribution is 2.30. The number of benzene rings is 1. The molecule has 1 atom stereocenters. The highest BCUT2D eigenvalue weighted by Gasteiger charge is 2.19. The van der Waals surface area contributed by atoms with Crippen LogP contribution in [-0.4, -0.2) is 20.3 Å². The van der Waals surface area contributed by atoms with Crippen LogP contribution in [0.15, 0.2) is 30.0 Å². The molecule has 0 aromatic heterocycles. The van der Waals surface area contributed by atoms with Crippen molar-refractivity contribution in [2.75, 3.05) is 20.3 Å². The van der Waals surface area contributed by atoms with Gasteiger partial charge in [-0.3, -0.25) is 0 Å². The highest BCUT2D eigenvalue weighted by molar-refractivity contribution is 5.39. The van der Waals surface area contributed by atoms with Crippen molar-refractivity contribution in [3.05, 3.63) is 41.2 Å². The van der Waals surface area contributed by atoms with Crippen LogP contribution in [0, 0.1) is 6.92 Å². The smallest absolute Gasteiger partial charge is 0.121 e. The van der Waals surface area contributed by atoms with Crippen LogP contribution in [0.25, 0.3) is 0 Å². The summed E-state index contributed by atoms with van der Waals surface area (Å²) in [5, 5.41) is 3.63. The van der Waals surface area contributed by atoms with Gasteiger partial charge in [-0.1, -0.05) is 19.1 Å². The summed E-state index contributed by atoms with van der Waals surface area (Å²) < 4.78 is 10.9. The Morgan fingerprint density at radius 2 is 2.25 bits per heavy atom. The van der Waals surface area contributed by atoms with Gasteiger partial charge in [0.1, 0.15) is 5.75 Å². The van der Waals surface area contributed by atoms with Gasteiger partial charge in [-0.15, -0.1) is 0 Å². The Morgan fingerprint density at radius 1 is 1.40 bits per heavy atom. The van der Waals surface area contributed by atoms with E-state index in [2.05, 4.69) is 37.4 Å². The quantitative estimate of drug-likeness (QED) is 0.858. The first-order valence-corrected chi connectivity index (χ1v) is 7.44. The maximum atomic E-state index is 5.51. The van der Waals surface area contributed by atoms with E-state index in [1.165, 1.54) is 16.7 Å². The molecule has 110 valence electrons. The van der Waals surface area contributed by atoms with E-state index in [4.69, 9.17) is 9.47 Å². The van der Waals surface area contributed by atoms with Crippen LogP contribution in [0.5, 0.6) is 5.75 Å². The number of hydrogen-bond donors (Lipinski definition) is 1. The molecule has 1 unspecified atom stereocenters. The lowest BCUT2D eigenvalue weighted by atomic mass is 9.94. The van der Waals surface area contributed by atoms with Gasteiger partial charge in [-0.05, 0) is 55.5 Å². The summed E-state index contributed by atoms with van der Waals surface area (Å²) in [6.45, 7) is 6.12.